The number of hydrogen-bond donors (Lipinski definition) is 0. The number of rotatable bonds is 5. The SMILES string of the molecule is [CH]c1ccc(S(=O)(=O)N(C(=O)c2ccccc2OC)C(C)C)cc1. The summed E-state index contributed by atoms with van der Waals surface area (Å²) < 4.78 is 31.9. The summed E-state index contributed by atoms with van der Waals surface area (Å²) in [6.45, 7) is 8.88. The monoisotopic (exact) mass is 345 g/mol. The van der Waals surface area contributed by atoms with Crippen LogP contribution in [0.1, 0.15) is 29.8 Å². The summed E-state index contributed by atoms with van der Waals surface area (Å²) in [6, 6.07) is 11.7. The summed E-state index contributed by atoms with van der Waals surface area (Å²) in [7, 11) is -2.59. The van der Waals surface area contributed by atoms with Crippen molar-refractivity contribution in [3.8, 4) is 5.75 Å². The van der Waals surface area contributed by atoms with Gasteiger partial charge < -0.3 is 4.74 Å². The van der Waals surface area contributed by atoms with Crippen molar-refractivity contribution in [1.29, 1.82) is 0 Å². The van der Waals surface area contributed by atoms with Crippen LogP contribution in [0, 0.1) is 6.92 Å². The van der Waals surface area contributed by atoms with Crippen LogP contribution in [0.2, 0.25) is 0 Å². The molecule has 0 saturated carbocycles. The fourth-order valence-electron chi connectivity index (χ4n) is 2.31. The third kappa shape index (κ3) is 3.43. The number of carbonyl (C=O) groups is 1. The first-order chi connectivity index (χ1) is 11.3. The van der Waals surface area contributed by atoms with Gasteiger partial charge in [-0.25, -0.2) is 12.7 Å². The van der Waals surface area contributed by atoms with E-state index >= 15 is 0 Å². The predicted molar refractivity (Wildman–Crippen MR) is 91.3 cm³/mol. The van der Waals surface area contributed by atoms with Crippen molar-refractivity contribution in [2.45, 2.75) is 24.8 Å². The average molecular weight is 345 g/mol. The van der Waals surface area contributed by atoms with Crippen LogP contribution in [-0.2, 0) is 10.0 Å². The van der Waals surface area contributed by atoms with Crippen LogP contribution in [-0.4, -0.2) is 31.8 Å². The first-order valence-corrected chi connectivity index (χ1v) is 8.80. The van der Waals surface area contributed by atoms with Crippen molar-refractivity contribution in [3.63, 3.8) is 0 Å². The Bertz CT molecular complexity index is 826. The second-order valence-corrected chi connectivity index (χ2v) is 7.28. The van der Waals surface area contributed by atoms with Crippen LogP contribution in [0.3, 0.4) is 0 Å². The van der Waals surface area contributed by atoms with Crippen LogP contribution in [0.4, 0.5) is 0 Å². The maximum atomic E-state index is 12.9. The van der Waals surface area contributed by atoms with Gasteiger partial charge in [0.1, 0.15) is 5.75 Å². The lowest BCUT2D eigenvalue weighted by Gasteiger charge is -2.27. The Morgan fingerprint density at radius 1 is 1.08 bits per heavy atom. The molecule has 2 aromatic rings. The zero-order valence-electron chi connectivity index (χ0n) is 13.8. The molecule has 2 radical (unpaired) electrons. The Kier molecular flexibility index (Phi) is 5.29. The lowest BCUT2D eigenvalue weighted by molar-refractivity contribution is 0.0832. The standard InChI is InChI=1S/C18H19NO4S/c1-13(2)19(18(20)16-7-5-6-8-17(16)23-4)24(21,22)15-11-9-14(3)10-12-15/h3,5-13H,1-2,4H3. The minimum atomic E-state index is -4.02. The molecule has 2 aromatic carbocycles. The van der Waals surface area contributed by atoms with Gasteiger partial charge in [-0.2, -0.15) is 0 Å². The number of amides is 1. The zero-order valence-corrected chi connectivity index (χ0v) is 14.6. The maximum Gasteiger partial charge on any atom is 0.271 e. The topological polar surface area (TPSA) is 63.7 Å². The van der Waals surface area contributed by atoms with Gasteiger partial charge in [0.05, 0.1) is 17.6 Å². The Hall–Kier alpha value is -2.34. The quantitative estimate of drug-likeness (QED) is 0.836. The number of para-hydroxylation sites is 1. The Morgan fingerprint density at radius 3 is 2.21 bits per heavy atom. The maximum absolute atomic E-state index is 12.9. The minimum Gasteiger partial charge on any atom is -0.496 e. The first kappa shape index (κ1) is 18.0. The third-order valence-electron chi connectivity index (χ3n) is 3.44. The second-order valence-electron chi connectivity index (χ2n) is 5.47. The fourth-order valence-corrected chi connectivity index (χ4v) is 3.89. The highest BCUT2D eigenvalue weighted by Crippen LogP contribution is 2.25. The highest BCUT2D eigenvalue weighted by Gasteiger charge is 2.33. The van der Waals surface area contributed by atoms with Crippen molar-refractivity contribution < 1.29 is 17.9 Å². The number of methoxy groups -OCH3 is 1. The van der Waals surface area contributed by atoms with Gasteiger partial charge >= 0.3 is 0 Å². The molecule has 6 heteroatoms. The Labute approximate surface area is 142 Å². The summed E-state index contributed by atoms with van der Waals surface area (Å²) in [6.07, 6.45) is 0. The molecule has 0 bridgehead atoms. The summed E-state index contributed by atoms with van der Waals surface area (Å²) in [5.41, 5.74) is 0.633. The van der Waals surface area contributed by atoms with Crippen LogP contribution in [0.5, 0.6) is 5.75 Å². The van der Waals surface area contributed by atoms with E-state index in [-0.39, 0.29) is 10.5 Å². The molecule has 0 spiro atoms. The van der Waals surface area contributed by atoms with E-state index in [9.17, 15) is 13.2 Å². The molecule has 0 aromatic heterocycles. The van der Waals surface area contributed by atoms with E-state index in [0.29, 0.717) is 11.3 Å². The normalized spacial score (nSPS) is 11.4. The molecule has 1 amide bonds. The molecule has 0 fully saturated rings. The predicted octanol–water partition coefficient (Wildman–Crippen LogP) is 2.99. The summed E-state index contributed by atoms with van der Waals surface area (Å²) in [4.78, 5) is 12.9. The van der Waals surface area contributed by atoms with Crippen LogP contribution in [0.25, 0.3) is 0 Å². The molecule has 0 unspecified atom stereocenters. The Balaban J connectivity index is 2.53. The lowest BCUT2D eigenvalue weighted by Crippen LogP contribution is -2.42. The first-order valence-electron chi connectivity index (χ1n) is 7.36. The molecule has 24 heavy (non-hydrogen) atoms. The van der Waals surface area contributed by atoms with Gasteiger partial charge in [-0.3, -0.25) is 4.79 Å². The molecular formula is C18H19NO4S. The molecule has 0 aliphatic heterocycles. The largest absolute Gasteiger partial charge is 0.496 e. The van der Waals surface area contributed by atoms with E-state index in [4.69, 9.17) is 11.7 Å². The highest BCUT2D eigenvalue weighted by molar-refractivity contribution is 7.89. The van der Waals surface area contributed by atoms with E-state index < -0.39 is 22.0 Å². The summed E-state index contributed by atoms with van der Waals surface area (Å²) in [5, 5.41) is 0. The van der Waals surface area contributed by atoms with Crippen molar-refractivity contribution >= 4 is 15.9 Å². The van der Waals surface area contributed by atoms with Gasteiger partial charge in [-0.1, -0.05) is 24.3 Å². The van der Waals surface area contributed by atoms with Crippen LogP contribution >= 0.6 is 0 Å². The summed E-state index contributed by atoms with van der Waals surface area (Å²) >= 11 is 0. The second kappa shape index (κ2) is 7.05. The van der Waals surface area contributed by atoms with Crippen molar-refractivity contribution in [2.24, 2.45) is 0 Å². The van der Waals surface area contributed by atoms with E-state index in [2.05, 4.69) is 0 Å². The van der Waals surface area contributed by atoms with Gasteiger partial charge in [0.25, 0.3) is 15.9 Å². The van der Waals surface area contributed by atoms with E-state index in [1.165, 1.54) is 37.4 Å². The molecule has 126 valence electrons. The molecule has 0 atom stereocenters. The number of hydrogen-bond acceptors (Lipinski definition) is 4. The average Bonchev–Trinajstić information content (AvgIpc) is 2.54. The zero-order chi connectivity index (χ0) is 17.9. The lowest BCUT2D eigenvalue weighted by atomic mass is 10.2. The minimum absolute atomic E-state index is 0.00801. The van der Waals surface area contributed by atoms with Crippen LogP contribution < -0.4 is 4.74 Å². The van der Waals surface area contributed by atoms with Gasteiger partial charge in [-0.05, 0) is 50.6 Å². The van der Waals surface area contributed by atoms with Gasteiger partial charge in [0.2, 0.25) is 0 Å². The van der Waals surface area contributed by atoms with Crippen LogP contribution in [0.15, 0.2) is 53.4 Å². The number of ether oxygens (including phenoxy) is 1. The fraction of sp³-hybridized carbons (Fsp3) is 0.222. The van der Waals surface area contributed by atoms with Crippen molar-refractivity contribution in [2.75, 3.05) is 7.11 Å². The number of carbonyl (C=O) groups excluding carboxylic acids is 1. The molecule has 0 aliphatic rings. The van der Waals surface area contributed by atoms with Gasteiger partial charge in [0, 0.05) is 6.04 Å². The smallest absolute Gasteiger partial charge is 0.271 e. The van der Waals surface area contributed by atoms with Crippen molar-refractivity contribution in [3.05, 3.63) is 66.6 Å². The Morgan fingerprint density at radius 2 is 1.67 bits per heavy atom. The molecule has 0 saturated heterocycles. The number of sulfonamides is 1. The van der Waals surface area contributed by atoms with E-state index in [1.807, 2.05) is 0 Å². The third-order valence-corrected chi connectivity index (χ3v) is 5.42. The molecule has 0 heterocycles. The van der Waals surface area contributed by atoms with E-state index in [0.717, 1.165) is 4.31 Å². The van der Waals surface area contributed by atoms with E-state index in [1.54, 1.807) is 32.0 Å². The number of benzene rings is 2. The number of nitrogens with zero attached hydrogens (tertiary/aromatic N) is 1. The summed E-state index contributed by atoms with van der Waals surface area (Å²) in [5.74, 6) is -0.320. The van der Waals surface area contributed by atoms with Gasteiger partial charge in [-0.15, -0.1) is 0 Å². The molecule has 0 N–H and O–H groups in total. The van der Waals surface area contributed by atoms with Crippen molar-refractivity contribution in [1.82, 2.24) is 4.31 Å². The molecule has 2 rings (SSSR count). The van der Waals surface area contributed by atoms with Gasteiger partial charge in [0.15, 0.2) is 0 Å². The highest BCUT2D eigenvalue weighted by atomic mass is 32.2. The molecular weight excluding hydrogens is 326 g/mol. The molecule has 5 nitrogen and oxygen atoms in total. The molecule has 0 aliphatic carbocycles.